The SMILES string of the molecule is Cc1c(C)c(C)n(C)c(=O)c1C(=O)NCc1ccccc1. The maximum Gasteiger partial charge on any atom is 0.263 e. The van der Waals surface area contributed by atoms with E-state index in [4.69, 9.17) is 0 Å². The second-order valence-electron chi connectivity index (χ2n) is 5.24. The van der Waals surface area contributed by atoms with Crippen LogP contribution in [0, 0.1) is 20.8 Å². The molecule has 0 radical (unpaired) electrons. The van der Waals surface area contributed by atoms with Gasteiger partial charge in [0.2, 0.25) is 0 Å². The topological polar surface area (TPSA) is 51.1 Å². The number of carbonyl (C=O) groups excluding carboxylic acids is 1. The molecule has 2 aromatic rings. The number of rotatable bonds is 3. The van der Waals surface area contributed by atoms with E-state index in [1.807, 2.05) is 51.1 Å². The molecule has 4 nitrogen and oxygen atoms in total. The van der Waals surface area contributed by atoms with Crippen molar-refractivity contribution in [3.63, 3.8) is 0 Å². The van der Waals surface area contributed by atoms with Gasteiger partial charge in [-0.25, -0.2) is 0 Å². The van der Waals surface area contributed by atoms with Gasteiger partial charge in [0.25, 0.3) is 11.5 Å². The van der Waals surface area contributed by atoms with Gasteiger partial charge in [-0.3, -0.25) is 9.59 Å². The highest BCUT2D eigenvalue weighted by Gasteiger charge is 2.18. The molecule has 0 bridgehead atoms. The smallest absolute Gasteiger partial charge is 0.263 e. The van der Waals surface area contributed by atoms with Gasteiger partial charge < -0.3 is 9.88 Å². The van der Waals surface area contributed by atoms with E-state index >= 15 is 0 Å². The Bertz CT molecular complexity index is 731. The van der Waals surface area contributed by atoms with E-state index in [1.54, 1.807) is 7.05 Å². The molecule has 0 saturated carbocycles. The van der Waals surface area contributed by atoms with Crippen molar-refractivity contribution in [3.8, 4) is 0 Å². The first-order valence-electron chi connectivity index (χ1n) is 6.92. The lowest BCUT2D eigenvalue weighted by Crippen LogP contribution is -2.34. The fraction of sp³-hybridized carbons (Fsp3) is 0.294. The van der Waals surface area contributed by atoms with Crippen LogP contribution in [-0.2, 0) is 13.6 Å². The Labute approximate surface area is 124 Å². The molecule has 0 aliphatic heterocycles. The number of nitrogens with zero attached hydrogens (tertiary/aromatic N) is 1. The summed E-state index contributed by atoms with van der Waals surface area (Å²) in [5.74, 6) is -0.319. The minimum Gasteiger partial charge on any atom is -0.348 e. The van der Waals surface area contributed by atoms with Crippen LogP contribution in [0.1, 0.15) is 32.7 Å². The molecule has 0 fully saturated rings. The van der Waals surface area contributed by atoms with Gasteiger partial charge in [-0.1, -0.05) is 30.3 Å². The summed E-state index contributed by atoms with van der Waals surface area (Å²) in [4.78, 5) is 24.7. The van der Waals surface area contributed by atoms with Crippen molar-refractivity contribution in [3.05, 3.63) is 68.6 Å². The molecule has 2 rings (SSSR count). The van der Waals surface area contributed by atoms with Crippen LogP contribution in [0.4, 0.5) is 0 Å². The van der Waals surface area contributed by atoms with E-state index in [2.05, 4.69) is 5.32 Å². The zero-order valence-corrected chi connectivity index (χ0v) is 12.9. The van der Waals surface area contributed by atoms with Crippen LogP contribution in [0.3, 0.4) is 0 Å². The highest BCUT2D eigenvalue weighted by Crippen LogP contribution is 2.13. The highest BCUT2D eigenvalue weighted by molar-refractivity contribution is 5.95. The normalized spacial score (nSPS) is 10.5. The molecule has 0 saturated heterocycles. The summed E-state index contributed by atoms with van der Waals surface area (Å²) >= 11 is 0. The van der Waals surface area contributed by atoms with Gasteiger partial charge in [0, 0.05) is 19.3 Å². The van der Waals surface area contributed by atoms with Gasteiger partial charge in [0.1, 0.15) is 5.56 Å². The largest absolute Gasteiger partial charge is 0.348 e. The van der Waals surface area contributed by atoms with E-state index in [-0.39, 0.29) is 17.0 Å². The number of amides is 1. The highest BCUT2D eigenvalue weighted by atomic mass is 16.2. The van der Waals surface area contributed by atoms with Crippen LogP contribution < -0.4 is 10.9 Å². The van der Waals surface area contributed by atoms with Gasteiger partial charge in [-0.15, -0.1) is 0 Å². The number of nitrogens with one attached hydrogen (secondary N) is 1. The third-order valence-corrected chi connectivity index (χ3v) is 4.02. The first-order valence-corrected chi connectivity index (χ1v) is 6.92. The minimum absolute atomic E-state index is 0.233. The standard InChI is InChI=1S/C17H20N2O2/c1-11-12(2)15(17(21)19(4)13(11)3)16(20)18-10-14-8-6-5-7-9-14/h5-9H,10H2,1-4H3,(H,18,20). The van der Waals surface area contributed by atoms with Crippen LogP contribution in [-0.4, -0.2) is 10.5 Å². The zero-order valence-electron chi connectivity index (χ0n) is 12.9. The number of hydrogen-bond donors (Lipinski definition) is 1. The fourth-order valence-corrected chi connectivity index (χ4v) is 2.32. The Hall–Kier alpha value is -2.36. The molecule has 4 heteroatoms. The molecule has 1 heterocycles. The van der Waals surface area contributed by atoms with Crippen molar-refractivity contribution < 1.29 is 4.79 Å². The number of pyridine rings is 1. The Kier molecular flexibility index (Phi) is 4.26. The van der Waals surface area contributed by atoms with E-state index in [9.17, 15) is 9.59 Å². The molecule has 0 atom stereocenters. The number of benzene rings is 1. The summed E-state index contributed by atoms with van der Waals surface area (Å²) in [6.45, 7) is 6.05. The Morgan fingerprint density at radius 2 is 1.71 bits per heavy atom. The molecule has 0 unspecified atom stereocenters. The Balaban J connectivity index is 2.30. The Morgan fingerprint density at radius 3 is 2.33 bits per heavy atom. The van der Waals surface area contributed by atoms with Gasteiger partial charge in [0.15, 0.2) is 0 Å². The lowest BCUT2D eigenvalue weighted by Gasteiger charge is -2.14. The van der Waals surface area contributed by atoms with Crippen molar-refractivity contribution in [1.82, 2.24) is 9.88 Å². The lowest BCUT2D eigenvalue weighted by atomic mass is 10.0. The predicted octanol–water partition coefficient (Wildman–Crippen LogP) is 2.24. The molecule has 1 aromatic carbocycles. The molecule has 1 N–H and O–H groups in total. The maximum atomic E-state index is 12.4. The van der Waals surface area contributed by atoms with E-state index in [0.29, 0.717) is 6.54 Å². The third kappa shape index (κ3) is 2.89. The van der Waals surface area contributed by atoms with Crippen molar-refractivity contribution in [2.45, 2.75) is 27.3 Å². The average Bonchev–Trinajstić information content (AvgIpc) is 2.50. The summed E-state index contributed by atoms with van der Waals surface area (Å²) in [6.07, 6.45) is 0. The van der Waals surface area contributed by atoms with Gasteiger partial charge >= 0.3 is 0 Å². The third-order valence-electron chi connectivity index (χ3n) is 4.02. The molecule has 0 spiro atoms. The number of aromatic nitrogens is 1. The van der Waals surface area contributed by atoms with Crippen molar-refractivity contribution >= 4 is 5.91 Å². The molecule has 0 aliphatic rings. The summed E-state index contributed by atoms with van der Waals surface area (Å²) in [7, 11) is 1.69. The van der Waals surface area contributed by atoms with Crippen molar-refractivity contribution in [2.75, 3.05) is 0 Å². The van der Waals surface area contributed by atoms with Crippen LogP contribution >= 0.6 is 0 Å². The van der Waals surface area contributed by atoms with Crippen molar-refractivity contribution in [2.24, 2.45) is 7.05 Å². The Morgan fingerprint density at radius 1 is 1.10 bits per heavy atom. The van der Waals surface area contributed by atoms with E-state index in [0.717, 1.165) is 22.4 Å². The molecule has 0 aliphatic carbocycles. The van der Waals surface area contributed by atoms with Crippen LogP contribution in [0.15, 0.2) is 35.1 Å². The molecule has 110 valence electrons. The molecular weight excluding hydrogens is 264 g/mol. The number of hydrogen-bond acceptors (Lipinski definition) is 2. The quantitative estimate of drug-likeness (QED) is 0.939. The summed E-state index contributed by atoms with van der Waals surface area (Å²) < 4.78 is 1.53. The second-order valence-corrected chi connectivity index (χ2v) is 5.24. The summed E-state index contributed by atoms with van der Waals surface area (Å²) in [5, 5.41) is 2.82. The minimum atomic E-state index is -0.319. The van der Waals surface area contributed by atoms with Crippen LogP contribution in [0.5, 0.6) is 0 Å². The van der Waals surface area contributed by atoms with Gasteiger partial charge in [-0.2, -0.15) is 0 Å². The van der Waals surface area contributed by atoms with E-state index < -0.39 is 0 Å². The average molecular weight is 284 g/mol. The van der Waals surface area contributed by atoms with Gasteiger partial charge in [-0.05, 0) is 37.5 Å². The number of carbonyl (C=O) groups is 1. The summed E-state index contributed by atoms with van der Waals surface area (Å²) in [5.41, 5.74) is 3.60. The van der Waals surface area contributed by atoms with Crippen LogP contribution in [0.2, 0.25) is 0 Å². The molecule has 21 heavy (non-hydrogen) atoms. The molecule has 1 amide bonds. The first-order chi connectivity index (χ1) is 9.93. The fourth-order valence-electron chi connectivity index (χ4n) is 2.32. The summed E-state index contributed by atoms with van der Waals surface area (Å²) in [6, 6.07) is 9.63. The zero-order chi connectivity index (χ0) is 15.6. The van der Waals surface area contributed by atoms with E-state index in [1.165, 1.54) is 4.57 Å². The predicted molar refractivity (Wildman–Crippen MR) is 83.5 cm³/mol. The molecular formula is C17H20N2O2. The van der Waals surface area contributed by atoms with Gasteiger partial charge in [0.05, 0.1) is 0 Å². The lowest BCUT2D eigenvalue weighted by molar-refractivity contribution is 0.0948. The van der Waals surface area contributed by atoms with Crippen LogP contribution in [0.25, 0.3) is 0 Å². The monoisotopic (exact) mass is 284 g/mol. The second kappa shape index (κ2) is 5.95. The molecule has 1 aromatic heterocycles. The van der Waals surface area contributed by atoms with Crippen molar-refractivity contribution in [1.29, 1.82) is 0 Å². The maximum absolute atomic E-state index is 12.4. The first kappa shape index (κ1) is 15.0.